The van der Waals surface area contributed by atoms with E-state index in [2.05, 4.69) is 13.8 Å². The second-order valence-electron chi connectivity index (χ2n) is 4.56. The highest BCUT2D eigenvalue weighted by atomic mass is 16.5. The molecule has 0 aromatic heterocycles. The van der Waals surface area contributed by atoms with E-state index in [1.165, 1.54) is 0 Å². The fraction of sp³-hybridized carbons (Fsp3) is 0.462. The molecule has 0 spiro atoms. The second kappa shape index (κ2) is 6.13. The summed E-state index contributed by atoms with van der Waals surface area (Å²) in [7, 11) is 0. The van der Waals surface area contributed by atoms with Gasteiger partial charge in [0, 0.05) is 11.4 Å². The van der Waals surface area contributed by atoms with Crippen molar-refractivity contribution in [3.05, 3.63) is 23.8 Å². The van der Waals surface area contributed by atoms with Gasteiger partial charge in [-0.15, -0.1) is 0 Å². The third-order valence-corrected chi connectivity index (χ3v) is 2.37. The van der Waals surface area contributed by atoms with Crippen molar-refractivity contribution < 1.29 is 9.53 Å². The van der Waals surface area contributed by atoms with Crippen molar-refractivity contribution in [3.63, 3.8) is 0 Å². The molecule has 0 unspecified atom stereocenters. The molecule has 4 N–H and O–H groups in total. The minimum atomic E-state index is -0.368. The summed E-state index contributed by atoms with van der Waals surface area (Å²) in [4.78, 5) is 11.7. The Balaban J connectivity index is 2.47. The van der Waals surface area contributed by atoms with Crippen LogP contribution < -0.4 is 11.5 Å². The Morgan fingerprint density at radius 2 is 1.82 bits per heavy atom. The monoisotopic (exact) mass is 236 g/mol. The summed E-state index contributed by atoms with van der Waals surface area (Å²) in [5.41, 5.74) is 12.6. The van der Waals surface area contributed by atoms with Crippen LogP contribution in [0.25, 0.3) is 0 Å². The Morgan fingerprint density at radius 3 is 2.35 bits per heavy atom. The number of esters is 1. The number of anilines is 2. The van der Waals surface area contributed by atoms with Crippen LogP contribution in [0.1, 0.15) is 37.0 Å². The van der Waals surface area contributed by atoms with Crippen molar-refractivity contribution in [3.8, 4) is 0 Å². The number of ether oxygens (including phenoxy) is 1. The van der Waals surface area contributed by atoms with E-state index >= 15 is 0 Å². The van der Waals surface area contributed by atoms with Crippen LogP contribution >= 0.6 is 0 Å². The third-order valence-electron chi connectivity index (χ3n) is 2.37. The number of benzene rings is 1. The number of carbonyl (C=O) groups excluding carboxylic acids is 1. The van der Waals surface area contributed by atoms with E-state index in [1.54, 1.807) is 18.2 Å². The third kappa shape index (κ3) is 4.76. The number of hydrogen-bond donors (Lipinski definition) is 2. The summed E-state index contributed by atoms with van der Waals surface area (Å²) in [6.45, 7) is 4.71. The van der Waals surface area contributed by atoms with Gasteiger partial charge in [-0.3, -0.25) is 0 Å². The van der Waals surface area contributed by atoms with E-state index in [0.29, 0.717) is 29.5 Å². The largest absolute Gasteiger partial charge is 0.462 e. The Hall–Kier alpha value is -1.71. The van der Waals surface area contributed by atoms with Crippen molar-refractivity contribution in [2.45, 2.75) is 26.7 Å². The lowest BCUT2D eigenvalue weighted by molar-refractivity contribution is 0.0495. The molecule has 1 rings (SSSR count). The Morgan fingerprint density at radius 1 is 1.24 bits per heavy atom. The van der Waals surface area contributed by atoms with Gasteiger partial charge in [-0.2, -0.15) is 0 Å². The van der Waals surface area contributed by atoms with Gasteiger partial charge in [0.25, 0.3) is 0 Å². The van der Waals surface area contributed by atoms with Crippen LogP contribution in [0.2, 0.25) is 0 Å². The van der Waals surface area contributed by atoms with Gasteiger partial charge in [-0.05, 0) is 37.0 Å². The molecular formula is C13H20N2O2. The minimum Gasteiger partial charge on any atom is -0.462 e. The molecule has 0 bridgehead atoms. The molecule has 1 aromatic carbocycles. The summed E-state index contributed by atoms with van der Waals surface area (Å²) >= 11 is 0. The summed E-state index contributed by atoms with van der Waals surface area (Å²) in [6, 6.07) is 4.75. The van der Waals surface area contributed by atoms with Gasteiger partial charge in [0.1, 0.15) is 0 Å². The van der Waals surface area contributed by atoms with Crippen LogP contribution in [-0.2, 0) is 4.74 Å². The lowest BCUT2D eigenvalue weighted by Crippen LogP contribution is -2.08. The molecule has 17 heavy (non-hydrogen) atoms. The first-order chi connectivity index (χ1) is 7.99. The molecule has 4 heteroatoms. The molecule has 0 saturated carbocycles. The van der Waals surface area contributed by atoms with Crippen LogP contribution in [0.4, 0.5) is 11.4 Å². The quantitative estimate of drug-likeness (QED) is 0.467. The van der Waals surface area contributed by atoms with Gasteiger partial charge in [0.15, 0.2) is 0 Å². The first kappa shape index (κ1) is 13.4. The average molecular weight is 236 g/mol. The van der Waals surface area contributed by atoms with Crippen molar-refractivity contribution in [1.29, 1.82) is 0 Å². The average Bonchev–Trinajstić information content (AvgIpc) is 2.22. The highest BCUT2D eigenvalue weighted by Crippen LogP contribution is 2.14. The van der Waals surface area contributed by atoms with E-state index in [4.69, 9.17) is 16.2 Å². The van der Waals surface area contributed by atoms with Gasteiger partial charge in [0.2, 0.25) is 0 Å². The molecule has 0 radical (unpaired) electrons. The summed E-state index contributed by atoms with van der Waals surface area (Å²) < 4.78 is 5.14. The summed E-state index contributed by atoms with van der Waals surface area (Å²) in [5, 5.41) is 0. The molecule has 0 heterocycles. The van der Waals surface area contributed by atoms with E-state index in [1.807, 2.05) is 0 Å². The zero-order valence-corrected chi connectivity index (χ0v) is 10.4. The molecule has 0 aliphatic carbocycles. The van der Waals surface area contributed by atoms with Crippen molar-refractivity contribution >= 4 is 17.3 Å². The number of hydrogen-bond acceptors (Lipinski definition) is 4. The number of carbonyl (C=O) groups is 1. The molecule has 0 aliphatic rings. The van der Waals surface area contributed by atoms with Crippen molar-refractivity contribution in [2.75, 3.05) is 18.1 Å². The zero-order valence-electron chi connectivity index (χ0n) is 10.4. The van der Waals surface area contributed by atoms with Crippen LogP contribution in [0.15, 0.2) is 18.2 Å². The van der Waals surface area contributed by atoms with Gasteiger partial charge in [0.05, 0.1) is 12.2 Å². The Kier molecular flexibility index (Phi) is 4.82. The van der Waals surface area contributed by atoms with Gasteiger partial charge >= 0.3 is 5.97 Å². The number of nitrogen functional groups attached to an aromatic ring is 2. The zero-order chi connectivity index (χ0) is 12.8. The van der Waals surface area contributed by atoms with Gasteiger partial charge in [-0.25, -0.2) is 4.79 Å². The minimum absolute atomic E-state index is 0.368. The lowest BCUT2D eigenvalue weighted by Gasteiger charge is -2.07. The maximum absolute atomic E-state index is 11.7. The van der Waals surface area contributed by atoms with Crippen LogP contribution in [0.3, 0.4) is 0 Å². The second-order valence-corrected chi connectivity index (χ2v) is 4.56. The molecule has 4 nitrogen and oxygen atoms in total. The molecule has 0 amide bonds. The van der Waals surface area contributed by atoms with Crippen molar-refractivity contribution in [1.82, 2.24) is 0 Å². The van der Waals surface area contributed by atoms with Crippen LogP contribution in [0, 0.1) is 5.92 Å². The molecule has 1 aromatic rings. The maximum atomic E-state index is 11.7. The standard InChI is InChI=1S/C13H20N2O2/c1-9(2)4-3-5-17-13(16)10-6-11(14)8-12(15)7-10/h6-9H,3-5,14-15H2,1-2H3. The predicted octanol–water partition coefficient (Wildman–Crippen LogP) is 2.44. The maximum Gasteiger partial charge on any atom is 0.338 e. The fourth-order valence-corrected chi connectivity index (χ4v) is 1.53. The molecule has 0 saturated heterocycles. The van der Waals surface area contributed by atoms with E-state index < -0.39 is 0 Å². The van der Waals surface area contributed by atoms with E-state index in [-0.39, 0.29) is 5.97 Å². The number of rotatable bonds is 5. The smallest absolute Gasteiger partial charge is 0.338 e. The van der Waals surface area contributed by atoms with E-state index in [9.17, 15) is 4.79 Å². The van der Waals surface area contributed by atoms with Crippen molar-refractivity contribution in [2.24, 2.45) is 5.92 Å². The van der Waals surface area contributed by atoms with Crippen LogP contribution in [0.5, 0.6) is 0 Å². The molecular weight excluding hydrogens is 216 g/mol. The van der Waals surface area contributed by atoms with Crippen LogP contribution in [-0.4, -0.2) is 12.6 Å². The van der Waals surface area contributed by atoms with E-state index in [0.717, 1.165) is 12.8 Å². The lowest BCUT2D eigenvalue weighted by atomic mass is 10.1. The predicted molar refractivity (Wildman–Crippen MR) is 69.6 cm³/mol. The molecule has 94 valence electrons. The Bertz CT molecular complexity index is 369. The first-order valence-electron chi connectivity index (χ1n) is 5.82. The molecule has 0 fully saturated rings. The Labute approximate surface area is 102 Å². The number of nitrogens with two attached hydrogens (primary N) is 2. The first-order valence-corrected chi connectivity index (χ1v) is 5.82. The van der Waals surface area contributed by atoms with Gasteiger partial charge in [-0.1, -0.05) is 13.8 Å². The molecule has 0 aliphatic heterocycles. The highest BCUT2D eigenvalue weighted by molar-refractivity contribution is 5.91. The molecule has 0 atom stereocenters. The fourth-order valence-electron chi connectivity index (χ4n) is 1.53. The summed E-state index contributed by atoms with van der Waals surface area (Å²) in [6.07, 6.45) is 1.92. The SMILES string of the molecule is CC(C)CCCOC(=O)c1cc(N)cc(N)c1. The topological polar surface area (TPSA) is 78.3 Å². The normalized spacial score (nSPS) is 10.5. The summed E-state index contributed by atoms with van der Waals surface area (Å²) in [5.74, 6) is 0.254. The highest BCUT2D eigenvalue weighted by Gasteiger charge is 2.08. The van der Waals surface area contributed by atoms with Gasteiger partial charge < -0.3 is 16.2 Å².